The Balaban J connectivity index is 3.13. The third kappa shape index (κ3) is 2.20. The van der Waals surface area contributed by atoms with Crippen LogP contribution in [-0.4, -0.2) is 14.2 Å². The lowest BCUT2D eigenvalue weighted by Crippen LogP contribution is -2.08. The number of halogens is 2. The minimum atomic E-state index is -0.669. The molecule has 0 saturated heterocycles. The van der Waals surface area contributed by atoms with Gasteiger partial charge in [0.1, 0.15) is 6.67 Å². The van der Waals surface area contributed by atoms with Crippen molar-refractivity contribution in [1.29, 1.82) is 0 Å². The molecular formula is C10H13F2NO. The second-order valence-corrected chi connectivity index (χ2v) is 2.93. The maximum absolute atomic E-state index is 13.3. The van der Waals surface area contributed by atoms with Crippen LogP contribution in [0.1, 0.15) is 11.1 Å². The van der Waals surface area contributed by atoms with Gasteiger partial charge in [-0.25, -0.2) is 8.78 Å². The maximum Gasteiger partial charge on any atom is 0.165 e. The van der Waals surface area contributed by atoms with Crippen LogP contribution in [0.3, 0.4) is 0 Å². The van der Waals surface area contributed by atoms with E-state index < -0.39 is 12.5 Å². The Morgan fingerprint density at radius 1 is 1.43 bits per heavy atom. The largest absolute Gasteiger partial charge is 0.493 e. The van der Waals surface area contributed by atoms with Gasteiger partial charge in [-0.05, 0) is 24.7 Å². The highest BCUT2D eigenvalue weighted by Gasteiger charge is 2.10. The number of benzene rings is 1. The highest BCUT2D eigenvalue weighted by molar-refractivity contribution is 5.38. The van der Waals surface area contributed by atoms with Gasteiger partial charge in [0.2, 0.25) is 0 Å². The molecule has 0 atom stereocenters. The Labute approximate surface area is 81.9 Å². The lowest BCUT2D eigenvalue weighted by Gasteiger charge is -2.10. The van der Waals surface area contributed by atoms with Gasteiger partial charge in [-0.2, -0.15) is 0 Å². The van der Waals surface area contributed by atoms with Crippen molar-refractivity contribution in [1.82, 2.24) is 5.32 Å². The Morgan fingerprint density at radius 2 is 2.14 bits per heavy atom. The molecule has 2 nitrogen and oxygen atoms in total. The smallest absolute Gasteiger partial charge is 0.165 e. The van der Waals surface area contributed by atoms with E-state index in [1.165, 1.54) is 7.11 Å². The molecule has 0 aliphatic rings. The predicted octanol–water partition coefficient (Wildman–Crippen LogP) is 2.02. The molecule has 14 heavy (non-hydrogen) atoms. The topological polar surface area (TPSA) is 21.3 Å². The van der Waals surface area contributed by atoms with Crippen LogP contribution in [0.15, 0.2) is 12.1 Å². The second-order valence-electron chi connectivity index (χ2n) is 2.93. The van der Waals surface area contributed by atoms with Crippen LogP contribution in [0.5, 0.6) is 5.75 Å². The first kappa shape index (κ1) is 10.9. The van der Waals surface area contributed by atoms with Crippen molar-refractivity contribution in [2.45, 2.75) is 13.2 Å². The van der Waals surface area contributed by atoms with Crippen molar-refractivity contribution < 1.29 is 13.5 Å². The zero-order valence-electron chi connectivity index (χ0n) is 8.23. The molecule has 1 aromatic rings. The molecule has 0 fully saturated rings. The molecule has 0 aliphatic carbocycles. The Kier molecular flexibility index (Phi) is 3.83. The average molecular weight is 201 g/mol. The first-order chi connectivity index (χ1) is 6.72. The van der Waals surface area contributed by atoms with Gasteiger partial charge in [0, 0.05) is 12.1 Å². The summed E-state index contributed by atoms with van der Waals surface area (Å²) in [6.07, 6.45) is 0. The van der Waals surface area contributed by atoms with Gasteiger partial charge in [-0.1, -0.05) is 0 Å². The van der Waals surface area contributed by atoms with Crippen LogP contribution in [0.2, 0.25) is 0 Å². The summed E-state index contributed by atoms with van der Waals surface area (Å²) in [4.78, 5) is 0. The van der Waals surface area contributed by atoms with E-state index in [1.54, 1.807) is 13.1 Å². The van der Waals surface area contributed by atoms with Crippen molar-refractivity contribution in [2.75, 3.05) is 14.2 Å². The molecule has 1 aromatic carbocycles. The van der Waals surface area contributed by atoms with Gasteiger partial charge in [0.05, 0.1) is 7.11 Å². The van der Waals surface area contributed by atoms with E-state index in [-0.39, 0.29) is 5.75 Å². The Morgan fingerprint density at radius 3 is 2.64 bits per heavy atom. The molecule has 4 heteroatoms. The van der Waals surface area contributed by atoms with E-state index in [1.807, 2.05) is 0 Å². The zero-order chi connectivity index (χ0) is 10.6. The summed E-state index contributed by atoms with van der Waals surface area (Å²) in [5.41, 5.74) is 0.955. The monoisotopic (exact) mass is 201 g/mol. The van der Waals surface area contributed by atoms with E-state index in [9.17, 15) is 8.78 Å². The lowest BCUT2D eigenvalue weighted by atomic mass is 10.1. The summed E-state index contributed by atoms with van der Waals surface area (Å²) in [6, 6.07) is 2.75. The molecule has 0 aromatic heterocycles. The maximum atomic E-state index is 13.3. The van der Waals surface area contributed by atoms with Crippen LogP contribution < -0.4 is 10.1 Å². The average Bonchev–Trinajstić information content (AvgIpc) is 2.18. The SMILES string of the molecule is CNCc1cc(CF)cc(F)c1OC. The number of hydrogen-bond acceptors (Lipinski definition) is 2. The van der Waals surface area contributed by atoms with Gasteiger partial charge < -0.3 is 10.1 Å². The molecule has 1 N–H and O–H groups in total. The third-order valence-corrected chi connectivity index (χ3v) is 1.91. The molecule has 0 radical (unpaired) electrons. The van der Waals surface area contributed by atoms with Crippen molar-refractivity contribution in [3.05, 3.63) is 29.1 Å². The van der Waals surface area contributed by atoms with Gasteiger partial charge in [0.15, 0.2) is 11.6 Å². The van der Waals surface area contributed by atoms with E-state index in [2.05, 4.69) is 5.32 Å². The normalized spacial score (nSPS) is 10.3. The summed E-state index contributed by atoms with van der Waals surface area (Å²) < 4.78 is 30.5. The number of ether oxygens (including phenoxy) is 1. The standard InChI is InChI=1S/C10H13F2NO/c1-13-6-8-3-7(5-11)4-9(12)10(8)14-2/h3-4,13H,5-6H2,1-2H3. The molecule has 0 bridgehead atoms. The fourth-order valence-electron chi connectivity index (χ4n) is 1.34. The first-order valence-corrected chi connectivity index (χ1v) is 4.28. The van der Waals surface area contributed by atoms with Crippen LogP contribution in [0, 0.1) is 5.82 Å². The van der Waals surface area contributed by atoms with Gasteiger partial charge in [-0.15, -0.1) is 0 Å². The van der Waals surface area contributed by atoms with E-state index in [0.717, 1.165) is 6.07 Å². The van der Waals surface area contributed by atoms with Gasteiger partial charge in [0.25, 0.3) is 0 Å². The summed E-state index contributed by atoms with van der Waals surface area (Å²) in [5.74, 6) is -0.343. The number of methoxy groups -OCH3 is 1. The second kappa shape index (κ2) is 4.91. The van der Waals surface area contributed by atoms with Crippen LogP contribution in [0.25, 0.3) is 0 Å². The van der Waals surface area contributed by atoms with Gasteiger partial charge >= 0.3 is 0 Å². The predicted molar refractivity (Wildman–Crippen MR) is 50.5 cm³/mol. The van der Waals surface area contributed by atoms with E-state index >= 15 is 0 Å². The molecule has 0 spiro atoms. The molecule has 0 saturated carbocycles. The van der Waals surface area contributed by atoms with Gasteiger partial charge in [-0.3, -0.25) is 0 Å². The van der Waals surface area contributed by atoms with E-state index in [4.69, 9.17) is 4.74 Å². The van der Waals surface area contributed by atoms with Crippen molar-refractivity contribution >= 4 is 0 Å². The number of rotatable bonds is 4. The summed E-state index contributed by atoms with van der Waals surface area (Å²) in [6.45, 7) is -0.217. The summed E-state index contributed by atoms with van der Waals surface area (Å²) in [5, 5.41) is 2.87. The minimum absolute atomic E-state index is 0.177. The fraction of sp³-hybridized carbons (Fsp3) is 0.400. The molecule has 0 amide bonds. The number of nitrogens with one attached hydrogen (secondary N) is 1. The van der Waals surface area contributed by atoms with Crippen LogP contribution >= 0.6 is 0 Å². The molecule has 0 unspecified atom stereocenters. The third-order valence-electron chi connectivity index (χ3n) is 1.91. The molecular weight excluding hydrogens is 188 g/mol. The molecule has 0 heterocycles. The molecule has 0 aliphatic heterocycles. The Bertz CT molecular complexity index is 315. The highest BCUT2D eigenvalue weighted by Crippen LogP contribution is 2.24. The van der Waals surface area contributed by atoms with Crippen molar-refractivity contribution in [3.63, 3.8) is 0 Å². The van der Waals surface area contributed by atoms with E-state index in [0.29, 0.717) is 17.7 Å². The Hall–Kier alpha value is -1.16. The lowest BCUT2D eigenvalue weighted by molar-refractivity contribution is 0.378. The summed E-state index contributed by atoms with van der Waals surface area (Å²) >= 11 is 0. The van der Waals surface area contributed by atoms with Crippen molar-refractivity contribution in [3.8, 4) is 5.75 Å². The summed E-state index contributed by atoms with van der Waals surface area (Å²) in [7, 11) is 3.13. The minimum Gasteiger partial charge on any atom is -0.493 e. The quantitative estimate of drug-likeness (QED) is 0.804. The first-order valence-electron chi connectivity index (χ1n) is 4.28. The van der Waals surface area contributed by atoms with Crippen LogP contribution in [0.4, 0.5) is 8.78 Å². The van der Waals surface area contributed by atoms with Crippen molar-refractivity contribution in [2.24, 2.45) is 0 Å². The number of hydrogen-bond donors (Lipinski definition) is 1. The molecule has 78 valence electrons. The number of alkyl halides is 1. The fourth-order valence-corrected chi connectivity index (χ4v) is 1.34. The molecule has 1 rings (SSSR count). The highest BCUT2D eigenvalue weighted by atomic mass is 19.1. The zero-order valence-corrected chi connectivity index (χ0v) is 8.23. The van der Waals surface area contributed by atoms with Crippen LogP contribution in [-0.2, 0) is 13.2 Å².